The molecule has 2 rings (SSSR count). The van der Waals surface area contributed by atoms with E-state index in [2.05, 4.69) is 5.32 Å². The van der Waals surface area contributed by atoms with Crippen molar-refractivity contribution in [2.75, 3.05) is 24.2 Å². The molecule has 0 spiro atoms. The predicted molar refractivity (Wildman–Crippen MR) is 144 cm³/mol. The number of ether oxygens (including phenoxy) is 1. The molecule has 8 nitrogen and oxygen atoms in total. The summed E-state index contributed by atoms with van der Waals surface area (Å²) in [5, 5.41) is 3.40. The molecule has 0 saturated carbocycles. The third kappa shape index (κ3) is 8.13. The molecule has 0 unspecified atom stereocenters. The first-order valence-electron chi connectivity index (χ1n) is 11.6. The summed E-state index contributed by atoms with van der Waals surface area (Å²) in [6.07, 6.45) is 1.40. The molecule has 0 bridgehead atoms. The van der Waals surface area contributed by atoms with E-state index in [1.165, 1.54) is 4.90 Å². The molecule has 1 N–H and O–H groups in total. The van der Waals surface area contributed by atoms with E-state index in [9.17, 15) is 18.0 Å². The maximum atomic E-state index is 13.7. The van der Waals surface area contributed by atoms with Crippen molar-refractivity contribution in [3.8, 4) is 5.75 Å². The number of carbonyl (C=O) groups excluding carboxylic acids is 2. The summed E-state index contributed by atoms with van der Waals surface area (Å²) >= 11 is 6.06. The lowest BCUT2D eigenvalue weighted by Crippen LogP contribution is -2.55. The fourth-order valence-corrected chi connectivity index (χ4v) is 4.93. The second kappa shape index (κ2) is 12.0. The molecule has 36 heavy (non-hydrogen) atoms. The fourth-order valence-electron chi connectivity index (χ4n) is 3.79. The summed E-state index contributed by atoms with van der Waals surface area (Å²) in [5.41, 5.74) is 1.24. The molecule has 0 aliphatic carbocycles. The zero-order valence-corrected chi connectivity index (χ0v) is 23.5. The second-order valence-corrected chi connectivity index (χ2v) is 12.1. The number of aryl methyl sites for hydroxylation is 1. The Bertz CT molecular complexity index is 1180. The van der Waals surface area contributed by atoms with Gasteiger partial charge in [0.05, 0.1) is 19.1 Å². The molecule has 1 atom stereocenters. The van der Waals surface area contributed by atoms with E-state index in [1.54, 1.807) is 44.4 Å². The lowest BCUT2D eigenvalue weighted by molar-refractivity contribution is -0.141. The van der Waals surface area contributed by atoms with Crippen molar-refractivity contribution in [2.45, 2.75) is 59.2 Å². The highest BCUT2D eigenvalue weighted by atomic mass is 35.5. The minimum Gasteiger partial charge on any atom is -0.497 e. The van der Waals surface area contributed by atoms with Gasteiger partial charge in [-0.15, -0.1) is 0 Å². The van der Waals surface area contributed by atoms with Gasteiger partial charge in [0.2, 0.25) is 21.8 Å². The molecule has 198 valence electrons. The smallest absolute Gasteiger partial charge is 0.244 e. The number of rotatable bonds is 10. The van der Waals surface area contributed by atoms with Crippen molar-refractivity contribution in [1.29, 1.82) is 0 Å². The van der Waals surface area contributed by atoms with E-state index in [0.717, 1.165) is 16.1 Å². The number of methoxy groups -OCH3 is 1. The highest BCUT2D eigenvalue weighted by Crippen LogP contribution is 2.26. The van der Waals surface area contributed by atoms with Crippen LogP contribution in [0.25, 0.3) is 0 Å². The molecule has 0 fully saturated rings. The number of benzene rings is 2. The van der Waals surface area contributed by atoms with Gasteiger partial charge in [0.15, 0.2) is 0 Å². The molecule has 0 saturated heterocycles. The van der Waals surface area contributed by atoms with Gasteiger partial charge in [-0.3, -0.25) is 13.9 Å². The number of nitrogens with zero attached hydrogens (tertiary/aromatic N) is 2. The summed E-state index contributed by atoms with van der Waals surface area (Å²) in [7, 11) is -2.26. The second-order valence-electron chi connectivity index (χ2n) is 9.73. The minimum absolute atomic E-state index is 0.121. The predicted octanol–water partition coefficient (Wildman–Crippen LogP) is 4.15. The zero-order valence-electron chi connectivity index (χ0n) is 22.0. The molecule has 2 amide bonds. The Balaban J connectivity index is 2.48. The average molecular weight is 538 g/mol. The van der Waals surface area contributed by atoms with Crippen LogP contribution in [0.4, 0.5) is 5.69 Å². The molecular weight excluding hydrogens is 502 g/mol. The van der Waals surface area contributed by atoms with Gasteiger partial charge >= 0.3 is 0 Å². The van der Waals surface area contributed by atoms with Gasteiger partial charge in [0.1, 0.15) is 18.3 Å². The number of halogens is 1. The lowest BCUT2D eigenvalue weighted by atomic mass is 10.1. The first-order valence-corrected chi connectivity index (χ1v) is 13.9. The number of anilines is 1. The highest BCUT2D eigenvalue weighted by molar-refractivity contribution is 7.92. The minimum atomic E-state index is -3.82. The van der Waals surface area contributed by atoms with Crippen LogP contribution in [0.1, 0.15) is 45.2 Å². The average Bonchev–Trinajstić information content (AvgIpc) is 2.76. The largest absolute Gasteiger partial charge is 0.497 e. The van der Waals surface area contributed by atoms with E-state index >= 15 is 0 Å². The van der Waals surface area contributed by atoms with E-state index in [-0.39, 0.29) is 12.5 Å². The maximum absolute atomic E-state index is 13.7. The highest BCUT2D eigenvalue weighted by Gasteiger charge is 2.33. The van der Waals surface area contributed by atoms with E-state index < -0.39 is 34.1 Å². The summed E-state index contributed by atoms with van der Waals surface area (Å²) in [4.78, 5) is 28.4. The van der Waals surface area contributed by atoms with Crippen molar-refractivity contribution in [2.24, 2.45) is 0 Å². The number of hydrogen-bond donors (Lipinski definition) is 1. The van der Waals surface area contributed by atoms with Crippen molar-refractivity contribution in [3.05, 3.63) is 58.6 Å². The molecule has 0 radical (unpaired) electrons. The first kappa shape index (κ1) is 29.5. The summed E-state index contributed by atoms with van der Waals surface area (Å²) in [6, 6.07) is 11.2. The SMILES string of the molecule is CC[C@@H](C(=O)NC(C)(C)C)N(Cc1ccc(OC)cc1)C(=O)CN(c1ccc(Cl)cc1C)S(C)(=O)=O. The van der Waals surface area contributed by atoms with Crippen LogP contribution in [0.2, 0.25) is 5.02 Å². The van der Waals surface area contributed by atoms with Gasteiger partial charge < -0.3 is 15.0 Å². The molecule has 0 aromatic heterocycles. The van der Waals surface area contributed by atoms with Crippen LogP contribution >= 0.6 is 11.6 Å². The van der Waals surface area contributed by atoms with Crippen LogP contribution in [0, 0.1) is 6.92 Å². The molecule has 0 heterocycles. The Labute approximate surface area is 219 Å². The quantitative estimate of drug-likeness (QED) is 0.491. The number of nitrogens with one attached hydrogen (secondary N) is 1. The summed E-state index contributed by atoms with van der Waals surface area (Å²) in [5.74, 6) is -0.141. The van der Waals surface area contributed by atoms with Crippen molar-refractivity contribution < 1.29 is 22.7 Å². The van der Waals surface area contributed by atoms with Gasteiger partial charge in [0.25, 0.3) is 0 Å². The Hall–Kier alpha value is -2.78. The molecule has 10 heteroatoms. The molecule has 2 aromatic carbocycles. The first-order chi connectivity index (χ1) is 16.7. The van der Waals surface area contributed by atoms with Gasteiger partial charge in [-0.25, -0.2) is 8.42 Å². The zero-order chi connectivity index (χ0) is 27.3. The van der Waals surface area contributed by atoms with E-state index in [0.29, 0.717) is 28.4 Å². The van der Waals surface area contributed by atoms with Crippen LogP contribution < -0.4 is 14.4 Å². The molecular formula is C26H36ClN3O5S. The Morgan fingerprint density at radius 3 is 2.19 bits per heavy atom. The van der Waals surface area contributed by atoms with Gasteiger partial charge in [-0.2, -0.15) is 0 Å². The maximum Gasteiger partial charge on any atom is 0.244 e. The lowest BCUT2D eigenvalue weighted by Gasteiger charge is -2.34. The van der Waals surface area contributed by atoms with Gasteiger partial charge in [-0.05, 0) is 75.6 Å². The monoisotopic (exact) mass is 537 g/mol. The van der Waals surface area contributed by atoms with Crippen molar-refractivity contribution in [3.63, 3.8) is 0 Å². The van der Waals surface area contributed by atoms with Crippen LogP contribution in [-0.2, 0) is 26.2 Å². The molecule has 0 aliphatic rings. The van der Waals surface area contributed by atoms with Crippen LogP contribution in [-0.4, -0.2) is 56.6 Å². The van der Waals surface area contributed by atoms with E-state index in [1.807, 2.05) is 39.8 Å². The van der Waals surface area contributed by atoms with Crippen LogP contribution in [0.15, 0.2) is 42.5 Å². The molecule has 2 aromatic rings. The standard InChI is InChI=1S/C26H36ClN3O5S/c1-8-22(25(32)28-26(3,4)5)29(16-19-9-12-21(35-6)13-10-19)24(31)17-30(36(7,33)34)23-14-11-20(27)15-18(23)2/h9-15,22H,8,16-17H2,1-7H3,(H,28,32)/t22-/m0/s1. The topological polar surface area (TPSA) is 96.0 Å². The van der Waals surface area contributed by atoms with E-state index in [4.69, 9.17) is 16.3 Å². The Morgan fingerprint density at radius 2 is 1.72 bits per heavy atom. The van der Waals surface area contributed by atoms with Gasteiger partial charge in [-0.1, -0.05) is 30.7 Å². The Morgan fingerprint density at radius 1 is 1.11 bits per heavy atom. The number of amides is 2. The number of carbonyl (C=O) groups is 2. The third-order valence-corrected chi connectivity index (χ3v) is 6.86. The molecule has 0 aliphatic heterocycles. The Kier molecular flexibility index (Phi) is 9.79. The normalized spacial score (nSPS) is 12.6. The van der Waals surface area contributed by atoms with Crippen LogP contribution in [0.5, 0.6) is 5.75 Å². The van der Waals surface area contributed by atoms with Crippen molar-refractivity contribution in [1.82, 2.24) is 10.2 Å². The number of sulfonamides is 1. The van der Waals surface area contributed by atoms with Crippen LogP contribution in [0.3, 0.4) is 0 Å². The van der Waals surface area contributed by atoms with Crippen molar-refractivity contribution >= 4 is 39.1 Å². The van der Waals surface area contributed by atoms with Gasteiger partial charge in [0, 0.05) is 17.1 Å². The number of hydrogen-bond acceptors (Lipinski definition) is 5. The summed E-state index contributed by atoms with van der Waals surface area (Å²) < 4.78 is 31.8. The fraction of sp³-hybridized carbons (Fsp3) is 0.462. The third-order valence-electron chi connectivity index (χ3n) is 5.50. The summed E-state index contributed by atoms with van der Waals surface area (Å²) in [6.45, 7) is 8.79.